The molecular formula is C23H18N4. The Bertz CT molecular complexity index is 1290. The Morgan fingerprint density at radius 1 is 0.778 bits per heavy atom. The Morgan fingerprint density at radius 3 is 2.37 bits per heavy atom. The highest BCUT2D eigenvalue weighted by molar-refractivity contribution is 5.88. The van der Waals surface area contributed by atoms with Gasteiger partial charge in [-0.2, -0.15) is 0 Å². The van der Waals surface area contributed by atoms with Crippen LogP contribution in [0.4, 0.5) is 0 Å². The molecule has 5 aromatic rings. The van der Waals surface area contributed by atoms with Gasteiger partial charge in [-0.15, -0.1) is 10.2 Å². The number of hydrogen-bond donors (Lipinski definition) is 0. The van der Waals surface area contributed by atoms with Crippen LogP contribution in [0.3, 0.4) is 0 Å². The van der Waals surface area contributed by atoms with Gasteiger partial charge in [0.1, 0.15) is 5.69 Å². The standard InChI is InChI=1S/C23H18N4/c1-15-12-13-19-20(14-15)27-22(18-11-7-6-8-16(18)2)25-26-23(27)21(24-19)17-9-4-3-5-10-17/h3-14H,1-2H3. The first kappa shape index (κ1) is 15.7. The molecule has 0 spiro atoms. The fourth-order valence-corrected chi connectivity index (χ4v) is 3.53. The molecule has 0 fully saturated rings. The predicted octanol–water partition coefficient (Wildman–Crippen LogP) is 5.23. The third kappa shape index (κ3) is 2.49. The maximum absolute atomic E-state index is 4.92. The van der Waals surface area contributed by atoms with Crippen molar-refractivity contribution in [3.8, 4) is 22.6 Å². The summed E-state index contributed by atoms with van der Waals surface area (Å²) in [5.41, 5.74) is 8.05. The molecule has 4 nitrogen and oxygen atoms in total. The number of hydrogen-bond acceptors (Lipinski definition) is 3. The molecule has 130 valence electrons. The van der Waals surface area contributed by atoms with E-state index in [1.165, 1.54) is 11.1 Å². The van der Waals surface area contributed by atoms with Gasteiger partial charge in [0, 0.05) is 11.1 Å². The minimum Gasteiger partial charge on any atom is -0.271 e. The number of nitrogens with zero attached hydrogens (tertiary/aromatic N) is 4. The minimum absolute atomic E-state index is 0.776. The molecule has 0 aliphatic heterocycles. The molecule has 0 radical (unpaired) electrons. The fourth-order valence-electron chi connectivity index (χ4n) is 3.53. The van der Waals surface area contributed by atoms with Crippen LogP contribution in [-0.2, 0) is 0 Å². The second kappa shape index (κ2) is 6.02. The number of aromatic nitrogens is 4. The first-order valence-electron chi connectivity index (χ1n) is 8.99. The Balaban J connectivity index is 1.95. The van der Waals surface area contributed by atoms with Crippen LogP contribution in [0.25, 0.3) is 39.3 Å². The molecule has 0 bridgehead atoms. The summed E-state index contributed by atoms with van der Waals surface area (Å²) in [4.78, 5) is 4.92. The van der Waals surface area contributed by atoms with Crippen molar-refractivity contribution in [1.29, 1.82) is 0 Å². The first-order chi connectivity index (χ1) is 13.2. The normalized spacial score (nSPS) is 11.3. The van der Waals surface area contributed by atoms with Crippen LogP contribution in [0.1, 0.15) is 11.1 Å². The number of benzene rings is 3. The van der Waals surface area contributed by atoms with Gasteiger partial charge in [-0.3, -0.25) is 4.40 Å². The van der Waals surface area contributed by atoms with E-state index in [0.29, 0.717) is 0 Å². The summed E-state index contributed by atoms with van der Waals surface area (Å²) in [7, 11) is 0. The molecule has 2 heterocycles. The zero-order valence-electron chi connectivity index (χ0n) is 15.2. The Morgan fingerprint density at radius 2 is 1.56 bits per heavy atom. The largest absolute Gasteiger partial charge is 0.271 e. The molecule has 0 unspecified atom stereocenters. The minimum atomic E-state index is 0.776. The van der Waals surface area contributed by atoms with E-state index in [0.717, 1.165) is 39.3 Å². The SMILES string of the molecule is Cc1ccc2nc(-c3ccccc3)c3nnc(-c4ccccc4C)n3c2c1. The van der Waals surface area contributed by atoms with Gasteiger partial charge in [0.2, 0.25) is 0 Å². The van der Waals surface area contributed by atoms with Crippen molar-refractivity contribution in [2.24, 2.45) is 0 Å². The average molecular weight is 350 g/mol. The molecular weight excluding hydrogens is 332 g/mol. The van der Waals surface area contributed by atoms with E-state index in [1.54, 1.807) is 0 Å². The zero-order valence-corrected chi connectivity index (χ0v) is 15.2. The van der Waals surface area contributed by atoms with Gasteiger partial charge < -0.3 is 0 Å². The van der Waals surface area contributed by atoms with Crippen molar-refractivity contribution in [2.75, 3.05) is 0 Å². The molecule has 27 heavy (non-hydrogen) atoms. The quantitative estimate of drug-likeness (QED) is 0.438. The monoisotopic (exact) mass is 350 g/mol. The summed E-state index contributed by atoms with van der Waals surface area (Å²) in [6.07, 6.45) is 0. The number of rotatable bonds is 2. The van der Waals surface area contributed by atoms with E-state index in [2.05, 4.69) is 70.9 Å². The predicted molar refractivity (Wildman–Crippen MR) is 109 cm³/mol. The van der Waals surface area contributed by atoms with Crippen LogP contribution in [-0.4, -0.2) is 19.6 Å². The number of aryl methyl sites for hydroxylation is 2. The van der Waals surface area contributed by atoms with Gasteiger partial charge in [-0.05, 0) is 37.1 Å². The van der Waals surface area contributed by atoms with Crippen LogP contribution < -0.4 is 0 Å². The lowest BCUT2D eigenvalue weighted by molar-refractivity contribution is 1.11. The molecule has 5 rings (SSSR count). The Hall–Kier alpha value is -3.53. The lowest BCUT2D eigenvalue weighted by Gasteiger charge is -2.10. The van der Waals surface area contributed by atoms with Crippen molar-refractivity contribution in [3.05, 3.63) is 83.9 Å². The van der Waals surface area contributed by atoms with Crippen molar-refractivity contribution in [2.45, 2.75) is 13.8 Å². The topological polar surface area (TPSA) is 43.1 Å². The molecule has 0 saturated carbocycles. The van der Waals surface area contributed by atoms with Gasteiger partial charge in [0.15, 0.2) is 11.5 Å². The Labute approximate surface area is 157 Å². The van der Waals surface area contributed by atoms with Crippen LogP contribution in [0, 0.1) is 13.8 Å². The van der Waals surface area contributed by atoms with Crippen LogP contribution >= 0.6 is 0 Å². The van der Waals surface area contributed by atoms with E-state index < -0.39 is 0 Å². The van der Waals surface area contributed by atoms with Crippen molar-refractivity contribution >= 4 is 16.7 Å². The van der Waals surface area contributed by atoms with Crippen molar-refractivity contribution in [1.82, 2.24) is 19.6 Å². The van der Waals surface area contributed by atoms with Gasteiger partial charge >= 0.3 is 0 Å². The third-order valence-corrected chi connectivity index (χ3v) is 4.91. The van der Waals surface area contributed by atoms with E-state index in [4.69, 9.17) is 4.98 Å². The van der Waals surface area contributed by atoms with E-state index in [9.17, 15) is 0 Å². The summed E-state index contributed by atoms with van der Waals surface area (Å²) in [6.45, 7) is 4.19. The summed E-state index contributed by atoms with van der Waals surface area (Å²) in [5, 5.41) is 9.11. The van der Waals surface area contributed by atoms with Gasteiger partial charge in [-0.25, -0.2) is 4.98 Å². The molecule has 0 amide bonds. The van der Waals surface area contributed by atoms with Crippen LogP contribution in [0.2, 0.25) is 0 Å². The van der Waals surface area contributed by atoms with E-state index >= 15 is 0 Å². The lowest BCUT2D eigenvalue weighted by Crippen LogP contribution is -1.99. The van der Waals surface area contributed by atoms with Gasteiger partial charge in [-0.1, -0.05) is 60.7 Å². The van der Waals surface area contributed by atoms with Crippen molar-refractivity contribution < 1.29 is 0 Å². The van der Waals surface area contributed by atoms with E-state index in [-0.39, 0.29) is 0 Å². The first-order valence-corrected chi connectivity index (χ1v) is 8.99. The van der Waals surface area contributed by atoms with Gasteiger partial charge in [0.05, 0.1) is 11.0 Å². The highest BCUT2D eigenvalue weighted by Crippen LogP contribution is 2.30. The van der Waals surface area contributed by atoms with E-state index in [1.807, 2.05) is 30.3 Å². The maximum atomic E-state index is 4.92. The van der Waals surface area contributed by atoms with Crippen LogP contribution in [0.15, 0.2) is 72.8 Å². The molecule has 3 aromatic carbocycles. The molecule has 0 saturated heterocycles. The summed E-state index contributed by atoms with van der Waals surface area (Å²) in [6, 6.07) is 24.7. The molecule has 0 aliphatic rings. The second-order valence-corrected chi connectivity index (χ2v) is 6.82. The van der Waals surface area contributed by atoms with Crippen LogP contribution in [0.5, 0.6) is 0 Å². The highest BCUT2D eigenvalue weighted by atomic mass is 15.3. The number of fused-ring (bicyclic) bond motifs is 3. The molecule has 2 aromatic heterocycles. The molecule has 4 heteroatoms. The fraction of sp³-hybridized carbons (Fsp3) is 0.0870. The second-order valence-electron chi connectivity index (χ2n) is 6.82. The smallest absolute Gasteiger partial charge is 0.188 e. The third-order valence-electron chi connectivity index (χ3n) is 4.91. The molecule has 0 atom stereocenters. The zero-order chi connectivity index (χ0) is 18.4. The molecule has 0 aliphatic carbocycles. The Kier molecular flexibility index (Phi) is 3.50. The molecule has 0 N–H and O–H groups in total. The summed E-state index contributed by atoms with van der Waals surface area (Å²) < 4.78 is 2.14. The van der Waals surface area contributed by atoms with Gasteiger partial charge in [0.25, 0.3) is 0 Å². The average Bonchev–Trinajstić information content (AvgIpc) is 3.14. The lowest BCUT2D eigenvalue weighted by atomic mass is 10.1. The summed E-state index contributed by atoms with van der Waals surface area (Å²) >= 11 is 0. The van der Waals surface area contributed by atoms with Crippen molar-refractivity contribution in [3.63, 3.8) is 0 Å². The maximum Gasteiger partial charge on any atom is 0.188 e. The summed E-state index contributed by atoms with van der Waals surface area (Å²) in [5.74, 6) is 0.846. The highest BCUT2D eigenvalue weighted by Gasteiger charge is 2.18.